The quantitative estimate of drug-likeness (QED) is 0.860. The van der Waals surface area contributed by atoms with E-state index in [2.05, 4.69) is 18.7 Å². The van der Waals surface area contributed by atoms with Crippen molar-refractivity contribution in [1.82, 2.24) is 4.90 Å². The van der Waals surface area contributed by atoms with Gasteiger partial charge in [-0.05, 0) is 38.3 Å². The van der Waals surface area contributed by atoms with Gasteiger partial charge in [0, 0.05) is 24.8 Å². The molecule has 1 saturated heterocycles. The molecule has 0 radical (unpaired) electrons. The van der Waals surface area contributed by atoms with Gasteiger partial charge in [-0.2, -0.15) is 0 Å². The van der Waals surface area contributed by atoms with Gasteiger partial charge in [0.1, 0.15) is 5.75 Å². The summed E-state index contributed by atoms with van der Waals surface area (Å²) < 4.78 is 5.92. The Morgan fingerprint density at radius 2 is 2.15 bits per heavy atom. The first-order chi connectivity index (χ1) is 9.76. The van der Waals surface area contributed by atoms with Crippen molar-refractivity contribution < 1.29 is 9.84 Å². The van der Waals surface area contributed by atoms with Crippen LogP contribution in [0.1, 0.15) is 51.1 Å². The predicted molar refractivity (Wildman–Crippen MR) is 82.0 cm³/mol. The molecule has 0 spiro atoms. The summed E-state index contributed by atoms with van der Waals surface area (Å²) in [5.74, 6) is 0.413. The van der Waals surface area contributed by atoms with Crippen molar-refractivity contribution in [1.29, 1.82) is 0 Å². The summed E-state index contributed by atoms with van der Waals surface area (Å²) in [4.78, 5) is 2.47. The minimum Gasteiger partial charge on any atom is -0.508 e. The average molecular weight is 277 g/mol. The van der Waals surface area contributed by atoms with E-state index in [1.54, 1.807) is 6.07 Å². The lowest BCUT2D eigenvalue weighted by atomic mass is 9.98. The SMILES string of the molecule is CCCOC1CCCN(C(CC)c2ccccc2O)C1. The third kappa shape index (κ3) is 3.74. The number of ether oxygens (including phenoxy) is 1. The number of phenolic OH excluding ortho intramolecular Hbond substituents is 1. The zero-order valence-electron chi connectivity index (χ0n) is 12.7. The Morgan fingerprint density at radius 3 is 2.85 bits per heavy atom. The van der Waals surface area contributed by atoms with Gasteiger partial charge in [0.25, 0.3) is 0 Å². The Hall–Kier alpha value is -1.06. The monoisotopic (exact) mass is 277 g/mol. The van der Waals surface area contributed by atoms with E-state index in [1.807, 2.05) is 18.2 Å². The van der Waals surface area contributed by atoms with Crippen molar-refractivity contribution in [2.24, 2.45) is 0 Å². The maximum absolute atomic E-state index is 10.1. The van der Waals surface area contributed by atoms with Crippen LogP contribution in [-0.2, 0) is 4.74 Å². The van der Waals surface area contributed by atoms with E-state index >= 15 is 0 Å². The van der Waals surface area contributed by atoms with Gasteiger partial charge in [0.15, 0.2) is 0 Å². The smallest absolute Gasteiger partial charge is 0.120 e. The maximum Gasteiger partial charge on any atom is 0.120 e. The molecule has 2 atom stereocenters. The molecule has 20 heavy (non-hydrogen) atoms. The first-order valence-corrected chi connectivity index (χ1v) is 7.89. The summed E-state index contributed by atoms with van der Waals surface area (Å²) in [6.45, 7) is 7.27. The Kier molecular flexibility index (Phi) is 5.86. The summed E-state index contributed by atoms with van der Waals surface area (Å²) in [5.41, 5.74) is 1.05. The summed E-state index contributed by atoms with van der Waals surface area (Å²) >= 11 is 0. The summed E-state index contributed by atoms with van der Waals surface area (Å²) in [6, 6.07) is 8.01. The number of likely N-dealkylation sites (tertiary alicyclic amines) is 1. The van der Waals surface area contributed by atoms with Crippen LogP contribution in [0.3, 0.4) is 0 Å². The molecule has 1 aliphatic heterocycles. The molecule has 0 amide bonds. The van der Waals surface area contributed by atoms with Gasteiger partial charge >= 0.3 is 0 Å². The largest absolute Gasteiger partial charge is 0.508 e. The van der Waals surface area contributed by atoms with Crippen LogP contribution in [0.15, 0.2) is 24.3 Å². The fraction of sp³-hybridized carbons (Fsp3) is 0.647. The van der Waals surface area contributed by atoms with E-state index in [1.165, 1.54) is 6.42 Å². The Morgan fingerprint density at radius 1 is 1.35 bits per heavy atom. The lowest BCUT2D eigenvalue weighted by Gasteiger charge is -2.38. The highest BCUT2D eigenvalue weighted by Gasteiger charge is 2.27. The van der Waals surface area contributed by atoms with Crippen molar-refractivity contribution >= 4 is 0 Å². The number of rotatable bonds is 6. The Balaban J connectivity index is 2.05. The van der Waals surface area contributed by atoms with Gasteiger partial charge in [0.05, 0.1) is 6.10 Å². The molecule has 1 fully saturated rings. The van der Waals surface area contributed by atoms with Gasteiger partial charge in [0.2, 0.25) is 0 Å². The second-order valence-electron chi connectivity index (χ2n) is 5.61. The van der Waals surface area contributed by atoms with Gasteiger partial charge < -0.3 is 9.84 Å². The molecule has 0 aliphatic carbocycles. The molecule has 1 heterocycles. The van der Waals surface area contributed by atoms with E-state index in [-0.39, 0.29) is 0 Å². The second-order valence-corrected chi connectivity index (χ2v) is 5.61. The number of para-hydroxylation sites is 1. The molecule has 1 aromatic carbocycles. The van der Waals surface area contributed by atoms with Crippen LogP contribution >= 0.6 is 0 Å². The zero-order chi connectivity index (χ0) is 14.4. The number of phenols is 1. The number of nitrogens with zero attached hydrogens (tertiary/aromatic N) is 1. The van der Waals surface area contributed by atoms with Crippen molar-refractivity contribution in [3.8, 4) is 5.75 Å². The second kappa shape index (κ2) is 7.65. The molecule has 0 aromatic heterocycles. The van der Waals surface area contributed by atoms with Crippen molar-refractivity contribution in [2.45, 2.75) is 51.7 Å². The molecule has 0 saturated carbocycles. The van der Waals surface area contributed by atoms with Crippen molar-refractivity contribution in [2.75, 3.05) is 19.7 Å². The van der Waals surface area contributed by atoms with E-state index in [0.717, 1.165) is 44.5 Å². The lowest BCUT2D eigenvalue weighted by Crippen LogP contribution is -2.41. The van der Waals surface area contributed by atoms with Crippen LogP contribution < -0.4 is 0 Å². The molecule has 0 bridgehead atoms. The number of piperidine rings is 1. The number of benzene rings is 1. The highest BCUT2D eigenvalue weighted by Crippen LogP contribution is 2.33. The summed E-state index contributed by atoms with van der Waals surface area (Å²) in [5, 5.41) is 10.1. The van der Waals surface area contributed by atoms with Gasteiger partial charge in [-0.3, -0.25) is 4.90 Å². The molecule has 1 N–H and O–H groups in total. The van der Waals surface area contributed by atoms with Crippen LogP contribution in [-0.4, -0.2) is 35.8 Å². The number of hydrogen-bond donors (Lipinski definition) is 1. The van der Waals surface area contributed by atoms with Crippen molar-refractivity contribution in [3.05, 3.63) is 29.8 Å². The van der Waals surface area contributed by atoms with Crippen molar-refractivity contribution in [3.63, 3.8) is 0 Å². The molecule has 3 nitrogen and oxygen atoms in total. The molecule has 3 heteroatoms. The highest BCUT2D eigenvalue weighted by atomic mass is 16.5. The maximum atomic E-state index is 10.1. The van der Waals surface area contributed by atoms with Crippen LogP contribution in [0.4, 0.5) is 0 Å². The number of aromatic hydroxyl groups is 1. The third-order valence-corrected chi connectivity index (χ3v) is 4.09. The van der Waals surface area contributed by atoms with Crippen LogP contribution in [0.2, 0.25) is 0 Å². The van der Waals surface area contributed by atoms with Crippen LogP contribution in [0, 0.1) is 0 Å². The normalized spacial score (nSPS) is 21.8. The minimum absolute atomic E-state index is 0.296. The topological polar surface area (TPSA) is 32.7 Å². The van der Waals surface area contributed by atoms with E-state index in [0.29, 0.717) is 17.9 Å². The third-order valence-electron chi connectivity index (χ3n) is 4.09. The number of hydrogen-bond acceptors (Lipinski definition) is 3. The fourth-order valence-corrected chi connectivity index (χ4v) is 3.11. The minimum atomic E-state index is 0.296. The average Bonchev–Trinajstić information content (AvgIpc) is 2.48. The Labute approximate surface area is 122 Å². The molecule has 2 rings (SSSR count). The molecular weight excluding hydrogens is 250 g/mol. The van der Waals surface area contributed by atoms with Gasteiger partial charge in [-0.25, -0.2) is 0 Å². The zero-order valence-corrected chi connectivity index (χ0v) is 12.7. The molecule has 112 valence electrons. The van der Waals surface area contributed by atoms with Gasteiger partial charge in [-0.15, -0.1) is 0 Å². The molecule has 2 unspecified atom stereocenters. The first kappa shape index (κ1) is 15.3. The van der Waals surface area contributed by atoms with Crippen LogP contribution in [0.25, 0.3) is 0 Å². The standard InChI is InChI=1S/C17H27NO2/c1-3-12-20-14-8-7-11-18(13-14)16(4-2)15-9-5-6-10-17(15)19/h5-6,9-10,14,16,19H,3-4,7-8,11-13H2,1-2H3. The molecular formula is C17H27NO2. The Bertz CT molecular complexity index is 408. The highest BCUT2D eigenvalue weighted by molar-refractivity contribution is 5.34. The van der Waals surface area contributed by atoms with E-state index in [9.17, 15) is 5.11 Å². The molecule has 1 aromatic rings. The first-order valence-electron chi connectivity index (χ1n) is 7.89. The van der Waals surface area contributed by atoms with Crippen LogP contribution in [0.5, 0.6) is 5.75 Å². The summed E-state index contributed by atoms with van der Waals surface area (Å²) in [6.07, 6.45) is 4.78. The fourth-order valence-electron chi connectivity index (χ4n) is 3.11. The predicted octanol–water partition coefficient (Wildman–Crippen LogP) is 3.73. The van der Waals surface area contributed by atoms with Gasteiger partial charge in [-0.1, -0.05) is 32.0 Å². The lowest BCUT2D eigenvalue weighted by molar-refractivity contribution is -0.0137. The van der Waals surface area contributed by atoms with E-state index < -0.39 is 0 Å². The van der Waals surface area contributed by atoms with E-state index in [4.69, 9.17) is 4.74 Å². The molecule has 1 aliphatic rings. The summed E-state index contributed by atoms with van der Waals surface area (Å²) in [7, 11) is 0.